The van der Waals surface area contributed by atoms with E-state index in [1.807, 2.05) is 0 Å². The van der Waals surface area contributed by atoms with Crippen molar-refractivity contribution in [1.29, 1.82) is 0 Å². The number of primary sulfonamides is 1. The van der Waals surface area contributed by atoms with Crippen molar-refractivity contribution in [3.63, 3.8) is 0 Å². The Bertz CT molecular complexity index is 438. The zero-order chi connectivity index (χ0) is 10.8. The van der Waals surface area contributed by atoms with Crippen molar-refractivity contribution in [3.8, 4) is 0 Å². The van der Waals surface area contributed by atoms with Crippen LogP contribution in [-0.2, 0) is 14.8 Å². The summed E-state index contributed by atoms with van der Waals surface area (Å²) in [6.45, 7) is 1.34. The van der Waals surface area contributed by atoms with Crippen LogP contribution in [0.25, 0.3) is 0 Å². The van der Waals surface area contributed by atoms with Gasteiger partial charge in [-0.2, -0.15) is 0 Å². The SMILES string of the molecule is CC(=O)Nc1ccc(S(N)(=O)=O)nc1. The molecule has 0 aromatic carbocycles. The van der Waals surface area contributed by atoms with Crippen LogP contribution in [0.4, 0.5) is 5.69 Å². The molecular formula is C7H9N3O3S. The number of aromatic nitrogens is 1. The van der Waals surface area contributed by atoms with E-state index in [1.165, 1.54) is 25.3 Å². The number of nitrogens with zero attached hydrogens (tertiary/aromatic N) is 1. The lowest BCUT2D eigenvalue weighted by atomic mass is 10.4. The van der Waals surface area contributed by atoms with Crippen LogP contribution < -0.4 is 10.5 Å². The van der Waals surface area contributed by atoms with Crippen LogP contribution in [0.3, 0.4) is 0 Å². The summed E-state index contributed by atoms with van der Waals surface area (Å²) < 4.78 is 21.6. The van der Waals surface area contributed by atoms with Crippen molar-refractivity contribution < 1.29 is 13.2 Å². The molecule has 0 spiro atoms. The van der Waals surface area contributed by atoms with Crippen molar-refractivity contribution in [2.75, 3.05) is 5.32 Å². The molecule has 1 rings (SSSR count). The summed E-state index contributed by atoms with van der Waals surface area (Å²) in [6.07, 6.45) is 1.22. The second-order valence-electron chi connectivity index (χ2n) is 2.61. The lowest BCUT2D eigenvalue weighted by Gasteiger charge is -2.01. The number of carbonyl (C=O) groups excluding carboxylic acids is 1. The first kappa shape index (κ1) is 10.6. The molecule has 0 aliphatic carbocycles. The second-order valence-corrected chi connectivity index (χ2v) is 4.12. The average Bonchev–Trinajstić information content (AvgIpc) is 2.02. The van der Waals surface area contributed by atoms with E-state index in [-0.39, 0.29) is 10.9 Å². The number of sulfonamides is 1. The van der Waals surface area contributed by atoms with Crippen LogP contribution in [0, 0.1) is 0 Å². The molecule has 7 heteroatoms. The summed E-state index contributed by atoms with van der Waals surface area (Å²) in [5.41, 5.74) is 0.421. The highest BCUT2D eigenvalue weighted by Gasteiger charge is 2.08. The highest BCUT2D eigenvalue weighted by Crippen LogP contribution is 2.08. The molecule has 0 unspecified atom stereocenters. The van der Waals surface area contributed by atoms with Crippen LogP contribution in [-0.4, -0.2) is 19.3 Å². The van der Waals surface area contributed by atoms with Gasteiger partial charge in [0.1, 0.15) is 0 Å². The fraction of sp³-hybridized carbons (Fsp3) is 0.143. The van der Waals surface area contributed by atoms with Crippen LogP contribution >= 0.6 is 0 Å². The molecule has 1 amide bonds. The van der Waals surface area contributed by atoms with E-state index in [9.17, 15) is 13.2 Å². The third kappa shape index (κ3) is 2.79. The van der Waals surface area contributed by atoms with Gasteiger partial charge in [-0.25, -0.2) is 18.5 Å². The third-order valence-corrected chi connectivity index (χ3v) is 2.17. The number of amides is 1. The number of anilines is 1. The fourth-order valence-corrected chi connectivity index (χ4v) is 1.28. The highest BCUT2D eigenvalue weighted by atomic mass is 32.2. The lowest BCUT2D eigenvalue weighted by molar-refractivity contribution is -0.114. The van der Waals surface area contributed by atoms with Crippen molar-refractivity contribution >= 4 is 21.6 Å². The second kappa shape index (κ2) is 3.72. The van der Waals surface area contributed by atoms with Crippen LogP contribution in [0.1, 0.15) is 6.92 Å². The van der Waals surface area contributed by atoms with E-state index >= 15 is 0 Å². The first-order valence-corrected chi connectivity index (χ1v) is 5.20. The van der Waals surface area contributed by atoms with Crippen molar-refractivity contribution in [2.45, 2.75) is 11.9 Å². The minimum atomic E-state index is -3.77. The molecule has 0 fully saturated rings. The molecule has 0 saturated carbocycles. The topological polar surface area (TPSA) is 102 Å². The summed E-state index contributed by atoms with van der Waals surface area (Å²) in [5, 5.41) is 7.05. The normalized spacial score (nSPS) is 11.0. The molecule has 14 heavy (non-hydrogen) atoms. The minimum Gasteiger partial charge on any atom is -0.325 e. The highest BCUT2D eigenvalue weighted by molar-refractivity contribution is 7.89. The summed E-state index contributed by atoms with van der Waals surface area (Å²) in [6, 6.07) is 2.63. The van der Waals surface area contributed by atoms with Crippen LogP contribution in [0.15, 0.2) is 23.4 Å². The molecule has 0 saturated heterocycles. The Morgan fingerprint density at radius 2 is 2.14 bits per heavy atom. The Kier molecular flexibility index (Phi) is 2.82. The molecule has 3 N–H and O–H groups in total. The molecule has 0 bridgehead atoms. The van der Waals surface area contributed by atoms with Gasteiger partial charge < -0.3 is 5.32 Å². The van der Waals surface area contributed by atoms with Gasteiger partial charge in [0.25, 0.3) is 10.0 Å². The predicted molar refractivity (Wildman–Crippen MR) is 49.9 cm³/mol. The molecule has 1 aromatic rings. The summed E-state index contributed by atoms with van der Waals surface area (Å²) >= 11 is 0. The lowest BCUT2D eigenvalue weighted by Crippen LogP contribution is -2.14. The summed E-state index contributed by atoms with van der Waals surface area (Å²) in [7, 11) is -3.77. The van der Waals surface area contributed by atoms with Gasteiger partial charge in [-0.3, -0.25) is 4.79 Å². The van der Waals surface area contributed by atoms with E-state index in [2.05, 4.69) is 10.3 Å². The van der Waals surface area contributed by atoms with Crippen LogP contribution in [0.5, 0.6) is 0 Å². The van der Waals surface area contributed by atoms with Gasteiger partial charge in [0.15, 0.2) is 5.03 Å². The van der Waals surface area contributed by atoms with Gasteiger partial charge in [-0.05, 0) is 12.1 Å². The van der Waals surface area contributed by atoms with Gasteiger partial charge in [0.2, 0.25) is 5.91 Å². The Morgan fingerprint density at radius 3 is 2.50 bits per heavy atom. The maximum absolute atomic E-state index is 10.8. The molecule has 0 aliphatic heterocycles. The van der Waals surface area contributed by atoms with Crippen LogP contribution in [0.2, 0.25) is 0 Å². The molecule has 0 atom stereocenters. The maximum atomic E-state index is 10.8. The number of nitrogens with two attached hydrogens (primary N) is 1. The van der Waals surface area contributed by atoms with E-state index < -0.39 is 10.0 Å². The van der Waals surface area contributed by atoms with Gasteiger partial charge in [0.05, 0.1) is 11.9 Å². The smallest absolute Gasteiger partial charge is 0.255 e. The molecule has 1 aromatic heterocycles. The van der Waals surface area contributed by atoms with E-state index in [0.717, 1.165) is 0 Å². The Hall–Kier alpha value is -1.47. The Labute approximate surface area is 81.2 Å². The van der Waals surface area contributed by atoms with E-state index in [0.29, 0.717) is 5.69 Å². The quantitative estimate of drug-likeness (QED) is 0.706. The van der Waals surface area contributed by atoms with E-state index in [4.69, 9.17) is 5.14 Å². The van der Waals surface area contributed by atoms with E-state index in [1.54, 1.807) is 0 Å². The minimum absolute atomic E-state index is 0.230. The maximum Gasteiger partial charge on any atom is 0.255 e. The number of hydrogen-bond donors (Lipinski definition) is 2. The Morgan fingerprint density at radius 1 is 1.50 bits per heavy atom. The van der Waals surface area contributed by atoms with Gasteiger partial charge in [0, 0.05) is 6.92 Å². The number of nitrogens with one attached hydrogen (secondary N) is 1. The fourth-order valence-electron chi connectivity index (χ4n) is 0.826. The zero-order valence-electron chi connectivity index (χ0n) is 7.39. The number of pyridine rings is 1. The van der Waals surface area contributed by atoms with Gasteiger partial charge in [-0.1, -0.05) is 0 Å². The summed E-state index contributed by atoms with van der Waals surface area (Å²) in [4.78, 5) is 14.2. The molecule has 6 nitrogen and oxygen atoms in total. The first-order chi connectivity index (χ1) is 6.39. The van der Waals surface area contributed by atoms with Crippen molar-refractivity contribution in [2.24, 2.45) is 5.14 Å². The molecular weight excluding hydrogens is 206 g/mol. The average molecular weight is 215 g/mol. The van der Waals surface area contributed by atoms with Crippen molar-refractivity contribution in [3.05, 3.63) is 18.3 Å². The first-order valence-electron chi connectivity index (χ1n) is 3.66. The zero-order valence-corrected chi connectivity index (χ0v) is 8.21. The van der Waals surface area contributed by atoms with Crippen molar-refractivity contribution in [1.82, 2.24) is 4.98 Å². The molecule has 0 radical (unpaired) electrons. The number of rotatable bonds is 2. The van der Waals surface area contributed by atoms with Gasteiger partial charge >= 0.3 is 0 Å². The number of carbonyl (C=O) groups is 1. The largest absolute Gasteiger partial charge is 0.325 e. The third-order valence-electron chi connectivity index (χ3n) is 1.35. The molecule has 76 valence electrons. The predicted octanol–water partition coefficient (Wildman–Crippen LogP) is -0.313. The number of hydrogen-bond acceptors (Lipinski definition) is 4. The standard InChI is InChI=1S/C7H9N3O3S/c1-5(11)10-6-2-3-7(9-4-6)14(8,12)13/h2-4H,1H3,(H,10,11)(H2,8,12,13). The monoisotopic (exact) mass is 215 g/mol. The molecule has 0 aliphatic rings. The summed E-state index contributed by atoms with van der Waals surface area (Å²) in [5.74, 6) is -0.254. The Balaban J connectivity index is 2.95. The van der Waals surface area contributed by atoms with Gasteiger partial charge in [-0.15, -0.1) is 0 Å². The molecule has 1 heterocycles.